The summed E-state index contributed by atoms with van der Waals surface area (Å²) in [6.45, 7) is 2.97. The third-order valence-corrected chi connectivity index (χ3v) is 4.76. The van der Waals surface area contributed by atoms with E-state index in [0.29, 0.717) is 13.1 Å². The van der Waals surface area contributed by atoms with Crippen LogP contribution in [0.1, 0.15) is 22.6 Å². The first kappa shape index (κ1) is 17.6. The molecule has 2 aromatic rings. The lowest BCUT2D eigenvalue weighted by Gasteiger charge is -2.18. The number of carbonyl (C=O) groups is 1. The van der Waals surface area contributed by atoms with E-state index in [9.17, 15) is 4.79 Å². The zero-order valence-corrected chi connectivity index (χ0v) is 15.2. The molecule has 1 fully saturated rings. The number of hydrogen-bond acceptors (Lipinski definition) is 4. The van der Waals surface area contributed by atoms with Gasteiger partial charge in [-0.2, -0.15) is 5.10 Å². The van der Waals surface area contributed by atoms with E-state index in [4.69, 9.17) is 0 Å². The van der Waals surface area contributed by atoms with Crippen molar-refractivity contribution in [1.82, 2.24) is 25.3 Å². The molecular formula is C19H27N5O. The molecule has 2 heterocycles. The van der Waals surface area contributed by atoms with E-state index in [2.05, 4.69) is 46.9 Å². The minimum atomic E-state index is -0.0507. The first-order chi connectivity index (χ1) is 12.0. The van der Waals surface area contributed by atoms with Gasteiger partial charge in [0.15, 0.2) is 0 Å². The van der Waals surface area contributed by atoms with Crippen molar-refractivity contribution in [2.24, 2.45) is 13.0 Å². The average molecular weight is 341 g/mol. The second-order valence-electron chi connectivity index (χ2n) is 7.04. The van der Waals surface area contributed by atoms with Crippen LogP contribution in [0.4, 0.5) is 0 Å². The third kappa shape index (κ3) is 4.27. The van der Waals surface area contributed by atoms with Gasteiger partial charge in [0.25, 0.3) is 0 Å². The maximum absolute atomic E-state index is 12.8. The molecule has 1 amide bonds. The molecule has 1 saturated heterocycles. The van der Waals surface area contributed by atoms with E-state index in [1.807, 2.05) is 31.6 Å². The van der Waals surface area contributed by atoms with Gasteiger partial charge in [0, 0.05) is 45.3 Å². The molecule has 25 heavy (non-hydrogen) atoms. The van der Waals surface area contributed by atoms with Crippen LogP contribution in [-0.2, 0) is 24.9 Å². The van der Waals surface area contributed by atoms with E-state index >= 15 is 0 Å². The summed E-state index contributed by atoms with van der Waals surface area (Å²) < 4.78 is 1.79. The number of carbonyl (C=O) groups excluding carboxylic acids is 1. The number of aryl methyl sites for hydroxylation is 1. The Morgan fingerprint density at radius 2 is 2.08 bits per heavy atom. The van der Waals surface area contributed by atoms with E-state index in [-0.39, 0.29) is 17.7 Å². The van der Waals surface area contributed by atoms with Gasteiger partial charge in [0.1, 0.15) is 0 Å². The maximum atomic E-state index is 12.8. The number of benzene rings is 1. The first-order valence-electron chi connectivity index (χ1n) is 8.73. The fourth-order valence-electron chi connectivity index (χ4n) is 3.47. The van der Waals surface area contributed by atoms with Crippen molar-refractivity contribution in [3.8, 4) is 0 Å². The molecule has 0 aliphatic carbocycles. The average Bonchev–Trinajstić information content (AvgIpc) is 3.21. The summed E-state index contributed by atoms with van der Waals surface area (Å²) in [4.78, 5) is 14.9. The number of nitrogens with one attached hydrogen (secondary N) is 2. The number of rotatable bonds is 6. The Hall–Kier alpha value is -2.18. The second-order valence-corrected chi connectivity index (χ2v) is 7.04. The van der Waals surface area contributed by atoms with Crippen LogP contribution in [0.15, 0.2) is 36.7 Å². The Balaban J connectivity index is 1.64. The number of nitrogens with zero attached hydrogens (tertiary/aromatic N) is 3. The summed E-state index contributed by atoms with van der Waals surface area (Å²) in [5.74, 6) is 0.245. The summed E-state index contributed by atoms with van der Waals surface area (Å²) in [5, 5.41) is 10.7. The van der Waals surface area contributed by atoms with Crippen LogP contribution in [0.3, 0.4) is 0 Å². The molecule has 1 aliphatic rings. The van der Waals surface area contributed by atoms with Crippen LogP contribution in [0.5, 0.6) is 0 Å². The van der Waals surface area contributed by atoms with Gasteiger partial charge in [0.05, 0.1) is 12.1 Å². The van der Waals surface area contributed by atoms with Crippen molar-refractivity contribution in [2.45, 2.75) is 19.0 Å². The van der Waals surface area contributed by atoms with Gasteiger partial charge in [0.2, 0.25) is 5.91 Å². The summed E-state index contributed by atoms with van der Waals surface area (Å²) in [6, 6.07) is 8.28. The Bertz CT molecular complexity index is 724. The number of aromatic nitrogens is 2. The standard InChI is InChI=1S/C19H27N5O/c1-23(2)12-15-7-5-4-6-14(15)8-21-19(25)18-11-20-10-17(18)16-9-22-24(3)13-16/h4-7,9,13,17-18,20H,8,10-12H2,1-3H3,(H,21,25)/t17-,18+/m1/s1. The van der Waals surface area contributed by atoms with Gasteiger partial charge in [-0.3, -0.25) is 9.48 Å². The molecular weight excluding hydrogens is 314 g/mol. The molecule has 1 aliphatic heterocycles. The first-order valence-corrected chi connectivity index (χ1v) is 8.73. The SMILES string of the molecule is CN(C)Cc1ccccc1CNC(=O)[C@H]1CNC[C@@H]1c1cnn(C)c1. The van der Waals surface area contributed by atoms with Crippen molar-refractivity contribution in [3.63, 3.8) is 0 Å². The minimum absolute atomic E-state index is 0.0507. The fraction of sp³-hybridized carbons (Fsp3) is 0.474. The Morgan fingerprint density at radius 3 is 2.76 bits per heavy atom. The quantitative estimate of drug-likeness (QED) is 0.826. The van der Waals surface area contributed by atoms with Crippen molar-refractivity contribution in [1.29, 1.82) is 0 Å². The summed E-state index contributed by atoms with van der Waals surface area (Å²) in [7, 11) is 6.01. The highest BCUT2D eigenvalue weighted by molar-refractivity contribution is 5.80. The molecule has 2 N–H and O–H groups in total. The smallest absolute Gasteiger partial charge is 0.225 e. The highest BCUT2D eigenvalue weighted by atomic mass is 16.1. The lowest BCUT2D eigenvalue weighted by molar-refractivity contribution is -0.125. The molecule has 6 heteroatoms. The van der Waals surface area contributed by atoms with E-state index < -0.39 is 0 Å². The van der Waals surface area contributed by atoms with Gasteiger partial charge < -0.3 is 15.5 Å². The van der Waals surface area contributed by atoms with Gasteiger partial charge in [-0.25, -0.2) is 0 Å². The number of hydrogen-bond donors (Lipinski definition) is 2. The molecule has 3 rings (SSSR count). The van der Waals surface area contributed by atoms with Crippen molar-refractivity contribution in [3.05, 3.63) is 53.3 Å². The van der Waals surface area contributed by atoms with Crippen LogP contribution in [0.25, 0.3) is 0 Å². The van der Waals surface area contributed by atoms with E-state index in [1.54, 1.807) is 4.68 Å². The van der Waals surface area contributed by atoms with Crippen LogP contribution >= 0.6 is 0 Å². The Morgan fingerprint density at radius 1 is 1.32 bits per heavy atom. The highest BCUT2D eigenvalue weighted by Crippen LogP contribution is 2.28. The Kier molecular flexibility index (Phi) is 5.50. The molecule has 134 valence electrons. The molecule has 1 aromatic heterocycles. The lowest BCUT2D eigenvalue weighted by atomic mass is 9.90. The summed E-state index contributed by atoms with van der Waals surface area (Å²) in [6.07, 6.45) is 3.87. The van der Waals surface area contributed by atoms with E-state index in [1.165, 1.54) is 11.1 Å². The maximum Gasteiger partial charge on any atom is 0.225 e. The largest absolute Gasteiger partial charge is 0.352 e. The molecule has 0 saturated carbocycles. The predicted octanol–water partition coefficient (Wildman–Crippen LogP) is 1.10. The van der Waals surface area contributed by atoms with Crippen LogP contribution in [0, 0.1) is 5.92 Å². The van der Waals surface area contributed by atoms with Gasteiger partial charge >= 0.3 is 0 Å². The van der Waals surface area contributed by atoms with Gasteiger partial charge in [-0.05, 0) is 30.8 Å². The highest BCUT2D eigenvalue weighted by Gasteiger charge is 2.34. The zero-order valence-electron chi connectivity index (χ0n) is 15.2. The van der Waals surface area contributed by atoms with Crippen LogP contribution in [0.2, 0.25) is 0 Å². The zero-order chi connectivity index (χ0) is 17.8. The predicted molar refractivity (Wildman–Crippen MR) is 98.0 cm³/mol. The van der Waals surface area contributed by atoms with E-state index in [0.717, 1.165) is 18.7 Å². The molecule has 2 atom stereocenters. The molecule has 1 aromatic carbocycles. The number of amides is 1. The molecule has 0 unspecified atom stereocenters. The lowest BCUT2D eigenvalue weighted by Crippen LogP contribution is -2.34. The molecule has 6 nitrogen and oxygen atoms in total. The monoisotopic (exact) mass is 341 g/mol. The van der Waals surface area contributed by atoms with Crippen molar-refractivity contribution < 1.29 is 4.79 Å². The normalized spacial score (nSPS) is 20.2. The van der Waals surface area contributed by atoms with Gasteiger partial charge in [-0.15, -0.1) is 0 Å². The van der Waals surface area contributed by atoms with Crippen LogP contribution in [-0.4, -0.2) is 47.8 Å². The summed E-state index contributed by atoms with van der Waals surface area (Å²) in [5.41, 5.74) is 3.55. The molecule has 0 spiro atoms. The van der Waals surface area contributed by atoms with Crippen molar-refractivity contribution >= 4 is 5.91 Å². The van der Waals surface area contributed by atoms with Crippen molar-refractivity contribution in [2.75, 3.05) is 27.2 Å². The Labute approximate surface area is 149 Å². The van der Waals surface area contributed by atoms with Crippen LogP contribution < -0.4 is 10.6 Å². The van der Waals surface area contributed by atoms with Gasteiger partial charge in [-0.1, -0.05) is 24.3 Å². The minimum Gasteiger partial charge on any atom is -0.352 e. The molecule has 0 radical (unpaired) electrons. The topological polar surface area (TPSA) is 62.2 Å². The third-order valence-electron chi connectivity index (χ3n) is 4.76. The summed E-state index contributed by atoms with van der Waals surface area (Å²) >= 11 is 0. The second kappa shape index (κ2) is 7.80. The molecule has 0 bridgehead atoms. The fourth-order valence-corrected chi connectivity index (χ4v) is 3.47.